The van der Waals surface area contributed by atoms with E-state index in [1.807, 2.05) is 31.2 Å². The third-order valence-corrected chi connectivity index (χ3v) is 4.36. The van der Waals surface area contributed by atoms with Gasteiger partial charge in [-0.1, -0.05) is 18.2 Å². The van der Waals surface area contributed by atoms with Crippen molar-refractivity contribution in [3.8, 4) is 28.7 Å². The molecule has 0 radical (unpaired) electrons. The van der Waals surface area contributed by atoms with Crippen LogP contribution in [0.5, 0.6) is 17.2 Å². The summed E-state index contributed by atoms with van der Waals surface area (Å²) in [7, 11) is 0. The molecule has 0 fully saturated rings. The SMILES string of the molecule is CCOc1ccccc1CC(=O)Cc1coc(-c2ccc(OC(F)F)c(OC(C)C)c2)n1. The van der Waals surface area contributed by atoms with Crippen LogP contribution in [0, 0.1) is 0 Å². The topological polar surface area (TPSA) is 70.8 Å². The molecule has 0 atom stereocenters. The maximum atomic E-state index is 12.7. The van der Waals surface area contributed by atoms with Crippen LogP contribution in [0.1, 0.15) is 32.0 Å². The number of alkyl halides is 2. The lowest BCUT2D eigenvalue weighted by Gasteiger charge is -2.15. The molecule has 1 heterocycles. The van der Waals surface area contributed by atoms with Gasteiger partial charge in [0.15, 0.2) is 11.5 Å². The molecule has 32 heavy (non-hydrogen) atoms. The molecular weight excluding hydrogens is 420 g/mol. The first-order valence-corrected chi connectivity index (χ1v) is 10.3. The van der Waals surface area contributed by atoms with Crippen molar-refractivity contribution >= 4 is 5.78 Å². The number of rotatable bonds is 11. The Morgan fingerprint density at radius 1 is 1.03 bits per heavy atom. The Morgan fingerprint density at radius 3 is 2.53 bits per heavy atom. The molecule has 0 aliphatic carbocycles. The summed E-state index contributed by atoms with van der Waals surface area (Å²) >= 11 is 0. The van der Waals surface area contributed by atoms with Gasteiger partial charge >= 0.3 is 6.61 Å². The molecule has 3 rings (SSSR count). The number of halogens is 2. The largest absolute Gasteiger partial charge is 0.494 e. The van der Waals surface area contributed by atoms with Gasteiger partial charge in [0.1, 0.15) is 17.8 Å². The number of Topliss-reactive ketones (excluding diaryl/α,β-unsaturated/α-hetero) is 1. The number of carbonyl (C=O) groups is 1. The van der Waals surface area contributed by atoms with Gasteiger partial charge < -0.3 is 18.6 Å². The standard InChI is InChI=1S/C24H25F2NO5/c1-4-29-20-8-6-5-7-16(20)11-19(28)13-18-14-30-23(27-18)17-9-10-21(32-24(25)26)22(12-17)31-15(2)3/h5-10,12,14-15,24H,4,11,13H2,1-3H3. The van der Waals surface area contributed by atoms with Crippen LogP contribution in [-0.4, -0.2) is 30.1 Å². The van der Waals surface area contributed by atoms with E-state index in [4.69, 9.17) is 13.9 Å². The number of hydrogen-bond acceptors (Lipinski definition) is 6. The van der Waals surface area contributed by atoms with Crippen LogP contribution in [0.3, 0.4) is 0 Å². The van der Waals surface area contributed by atoms with Crippen LogP contribution >= 0.6 is 0 Å². The monoisotopic (exact) mass is 445 g/mol. The predicted octanol–water partition coefficient (Wildman–Crippen LogP) is 5.48. The van der Waals surface area contributed by atoms with Crippen molar-refractivity contribution in [2.24, 2.45) is 0 Å². The molecule has 0 saturated carbocycles. The lowest BCUT2D eigenvalue weighted by molar-refractivity contribution is -0.117. The van der Waals surface area contributed by atoms with E-state index in [2.05, 4.69) is 9.72 Å². The molecule has 8 heteroatoms. The third kappa shape index (κ3) is 6.29. The Balaban J connectivity index is 1.73. The van der Waals surface area contributed by atoms with E-state index in [0.29, 0.717) is 23.6 Å². The van der Waals surface area contributed by atoms with Crippen LogP contribution in [-0.2, 0) is 17.6 Å². The molecular formula is C24H25F2NO5. The van der Waals surface area contributed by atoms with Crippen LogP contribution in [0.4, 0.5) is 8.78 Å². The molecule has 2 aromatic carbocycles. The number of para-hydroxylation sites is 1. The first-order valence-electron chi connectivity index (χ1n) is 10.3. The second-order valence-corrected chi connectivity index (χ2v) is 7.28. The maximum Gasteiger partial charge on any atom is 0.387 e. The smallest absolute Gasteiger partial charge is 0.387 e. The summed E-state index contributed by atoms with van der Waals surface area (Å²) in [5.74, 6) is 0.975. The molecule has 0 aliphatic rings. The van der Waals surface area contributed by atoms with Crippen LogP contribution in [0.15, 0.2) is 53.1 Å². The zero-order valence-electron chi connectivity index (χ0n) is 18.1. The second kappa shape index (κ2) is 10.7. The Bertz CT molecular complexity index is 1050. The van der Waals surface area contributed by atoms with Crippen molar-refractivity contribution in [1.82, 2.24) is 4.98 Å². The lowest BCUT2D eigenvalue weighted by Crippen LogP contribution is -2.09. The first kappa shape index (κ1) is 23.2. The quantitative estimate of drug-likeness (QED) is 0.389. The number of oxazole rings is 1. The number of aromatic nitrogens is 1. The summed E-state index contributed by atoms with van der Waals surface area (Å²) in [5, 5.41) is 0. The van der Waals surface area contributed by atoms with Gasteiger partial charge in [0.25, 0.3) is 0 Å². The molecule has 0 amide bonds. The predicted molar refractivity (Wildman–Crippen MR) is 114 cm³/mol. The summed E-state index contributed by atoms with van der Waals surface area (Å²) < 4.78 is 46.5. The van der Waals surface area contributed by atoms with Crippen LogP contribution in [0.2, 0.25) is 0 Å². The molecule has 0 bridgehead atoms. The van der Waals surface area contributed by atoms with Crippen LogP contribution < -0.4 is 14.2 Å². The maximum absolute atomic E-state index is 12.7. The Labute approximate surface area is 185 Å². The van der Waals surface area contributed by atoms with Gasteiger partial charge in [0, 0.05) is 17.5 Å². The van der Waals surface area contributed by atoms with Gasteiger partial charge in [0.05, 0.1) is 24.8 Å². The van der Waals surface area contributed by atoms with E-state index in [0.717, 1.165) is 5.56 Å². The fourth-order valence-electron chi connectivity index (χ4n) is 3.12. The number of benzene rings is 2. The van der Waals surface area contributed by atoms with Gasteiger partial charge in [-0.05, 0) is 45.0 Å². The van der Waals surface area contributed by atoms with Crippen molar-refractivity contribution in [1.29, 1.82) is 0 Å². The number of hydrogen-bond donors (Lipinski definition) is 0. The lowest BCUT2D eigenvalue weighted by atomic mass is 10.1. The Morgan fingerprint density at radius 2 is 1.81 bits per heavy atom. The molecule has 0 spiro atoms. The number of nitrogens with zero attached hydrogens (tertiary/aromatic N) is 1. The van der Waals surface area contributed by atoms with Crippen molar-refractivity contribution in [2.75, 3.05) is 6.61 Å². The minimum Gasteiger partial charge on any atom is -0.494 e. The third-order valence-electron chi connectivity index (χ3n) is 4.36. The van der Waals surface area contributed by atoms with Gasteiger partial charge in [-0.3, -0.25) is 4.79 Å². The summed E-state index contributed by atoms with van der Waals surface area (Å²) in [6, 6.07) is 11.8. The average Bonchev–Trinajstić information content (AvgIpc) is 3.18. The van der Waals surface area contributed by atoms with Crippen molar-refractivity contribution in [3.63, 3.8) is 0 Å². The summed E-state index contributed by atoms with van der Waals surface area (Å²) in [6.07, 6.45) is 1.47. The molecule has 0 aliphatic heterocycles. The van der Waals surface area contributed by atoms with Crippen molar-refractivity contribution < 1.29 is 32.2 Å². The fraction of sp³-hybridized carbons (Fsp3) is 0.333. The van der Waals surface area contributed by atoms with Gasteiger partial charge in [-0.15, -0.1) is 0 Å². The van der Waals surface area contributed by atoms with E-state index >= 15 is 0 Å². The highest BCUT2D eigenvalue weighted by Gasteiger charge is 2.17. The highest BCUT2D eigenvalue weighted by atomic mass is 19.3. The summed E-state index contributed by atoms with van der Waals surface area (Å²) in [6.45, 7) is 2.98. The minimum absolute atomic E-state index is 0.0403. The van der Waals surface area contributed by atoms with Gasteiger partial charge in [-0.2, -0.15) is 8.78 Å². The number of carbonyl (C=O) groups excluding carboxylic acids is 1. The second-order valence-electron chi connectivity index (χ2n) is 7.28. The minimum atomic E-state index is -2.97. The summed E-state index contributed by atoms with van der Waals surface area (Å²) in [4.78, 5) is 16.9. The van der Waals surface area contributed by atoms with Gasteiger partial charge in [-0.25, -0.2) is 4.98 Å². The van der Waals surface area contributed by atoms with E-state index in [1.165, 1.54) is 18.4 Å². The van der Waals surface area contributed by atoms with E-state index in [-0.39, 0.29) is 42.1 Å². The molecule has 1 aromatic heterocycles. The van der Waals surface area contributed by atoms with Crippen LogP contribution in [0.25, 0.3) is 11.5 Å². The number of ketones is 1. The highest BCUT2D eigenvalue weighted by molar-refractivity contribution is 5.83. The van der Waals surface area contributed by atoms with E-state index in [9.17, 15) is 13.6 Å². The average molecular weight is 445 g/mol. The Kier molecular flexibility index (Phi) is 7.81. The molecule has 3 aromatic rings. The normalized spacial score (nSPS) is 11.1. The zero-order valence-corrected chi connectivity index (χ0v) is 18.1. The van der Waals surface area contributed by atoms with Crippen molar-refractivity contribution in [2.45, 2.75) is 46.3 Å². The molecule has 0 N–H and O–H groups in total. The first-order chi connectivity index (χ1) is 15.4. The molecule has 0 unspecified atom stereocenters. The molecule has 170 valence electrons. The number of ether oxygens (including phenoxy) is 3. The molecule has 6 nitrogen and oxygen atoms in total. The Hall–Kier alpha value is -3.42. The van der Waals surface area contributed by atoms with E-state index in [1.54, 1.807) is 19.9 Å². The zero-order chi connectivity index (χ0) is 23.1. The van der Waals surface area contributed by atoms with E-state index < -0.39 is 6.61 Å². The molecule has 0 saturated heterocycles. The summed E-state index contributed by atoms with van der Waals surface area (Å²) in [5.41, 5.74) is 1.80. The fourth-order valence-corrected chi connectivity index (χ4v) is 3.12. The van der Waals surface area contributed by atoms with Gasteiger partial charge in [0.2, 0.25) is 5.89 Å². The highest BCUT2D eigenvalue weighted by Crippen LogP contribution is 2.34. The van der Waals surface area contributed by atoms with Crippen molar-refractivity contribution in [3.05, 3.63) is 60.0 Å².